The van der Waals surface area contributed by atoms with E-state index in [1.165, 1.54) is 12.8 Å². The van der Waals surface area contributed by atoms with E-state index in [9.17, 15) is 0 Å². The van der Waals surface area contributed by atoms with E-state index in [0.717, 1.165) is 48.9 Å². The predicted molar refractivity (Wildman–Crippen MR) is 73.7 cm³/mol. The molecule has 1 fully saturated rings. The Balaban J connectivity index is 2.04. The highest BCUT2D eigenvalue weighted by Gasteiger charge is 2.23. The van der Waals surface area contributed by atoms with Crippen molar-refractivity contribution in [2.45, 2.75) is 58.5 Å². The third-order valence-electron chi connectivity index (χ3n) is 3.83. The number of aryl methyl sites for hydroxylation is 2. The van der Waals surface area contributed by atoms with Crippen molar-refractivity contribution in [3.63, 3.8) is 0 Å². The van der Waals surface area contributed by atoms with Gasteiger partial charge in [0.15, 0.2) is 0 Å². The SMILES string of the molecule is CCCc1nn(C)c(OC2CCC(C)CC2)c1N. The van der Waals surface area contributed by atoms with Crippen LogP contribution in [0.4, 0.5) is 5.69 Å². The molecule has 18 heavy (non-hydrogen) atoms. The third kappa shape index (κ3) is 2.79. The Morgan fingerprint density at radius 3 is 2.61 bits per heavy atom. The van der Waals surface area contributed by atoms with E-state index >= 15 is 0 Å². The van der Waals surface area contributed by atoms with Gasteiger partial charge in [-0.1, -0.05) is 20.3 Å². The minimum absolute atomic E-state index is 0.313. The molecular formula is C14H25N3O. The van der Waals surface area contributed by atoms with Crippen molar-refractivity contribution >= 4 is 5.69 Å². The molecule has 1 aliphatic carbocycles. The van der Waals surface area contributed by atoms with Crippen LogP contribution in [0, 0.1) is 5.92 Å². The van der Waals surface area contributed by atoms with E-state index in [1.54, 1.807) is 4.68 Å². The van der Waals surface area contributed by atoms with E-state index in [-0.39, 0.29) is 0 Å². The molecule has 1 aromatic heterocycles. The standard InChI is InChI=1S/C14H25N3O/c1-4-5-12-13(15)14(17(3)16-12)18-11-8-6-10(2)7-9-11/h10-11H,4-9,15H2,1-3H3. The number of nitrogens with two attached hydrogens (primary N) is 1. The summed E-state index contributed by atoms with van der Waals surface area (Å²) in [5.41, 5.74) is 7.83. The first-order valence-electron chi connectivity index (χ1n) is 7.09. The molecule has 0 unspecified atom stereocenters. The number of hydrogen-bond acceptors (Lipinski definition) is 3. The van der Waals surface area contributed by atoms with E-state index in [0.29, 0.717) is 6.10 Å². The van der Waals surface area contributed by atoms with Gasteiger partial charge in [-0.25, -0.2) is 4.68 Å². The van der Waals surface area contributed by atoms with E-state index in [4.69, 9.17) is 10.5 Å². The largest absolute Gasteiger partial charge is 0.473 e. The molecule has 0 atom stereocenters. The molecule has 4 heteroatoms. The summed E-state index contributed by atoms with van der Waals surface area (Å²) < 4.78 is 7.86. The van der Waals surface area contributed by atoms with Gasteiger partial charge >= 0.3 is 0 Å². The van der Waals surface area contributed by atoms with Crippen LogP contribution in [0.5, 0.6) is 5.88 Å². The molecule has 2 rings (SSSR count). The lowest BCUT2D eigenvalue weighted by atomic mass is 9.89. The lowest BCUT2D eigenvalue weighted by Gasteiger charge is -2.26. The molecule has 0 saturated heterocycles. The quantitative estimate of drug-likeness (QED) is 0.895. The van der Waals surface area contributed by atoms with Crippen LogP contribution in [0.3, 0.4) is 0 Å². The Hall–Kier alpha value is -1.19. The second-order valence-corrected chi connectivity index (χ2v) is 5.54. The molecule has 0 spiro atoms. The predicted octanol–water partition coefficient (Wildman–Crippen LogP) is 2.91. The van der Waals surface area contributed by atoms with Crippen LogP contribution in [0.1, 0.15) is 51.6 Å². The van der Waals surface area contributed by atoms with Crippen molar-refractivity contribution in [1.82, 2.24) is 9.78 Å². The molecule has 1 heterocycles. The summed E-state index contributed by atoms with van der Waals surface area (Å²) in [6, 6.07) is 0. The van der Waals surface area contributed by atoms with Gasteiger partial charge in [0.25, 0.3) is 0 Å². The van der Waals surface area contributed by atoms with Crippen LogP contribution in [-0.2, 0) is 13.5 Å². The van der Waals surface area contributed by atoms with E-state index in [2.05, 4.69) is 18.9 Å². The van der Waals surface area contributed by atoms with Crippen LogP contribution in [0.15, 0.2) is 0 Å². The zero-order valence-electron chi connectivity index (χ0n) is 11.8. The molecule has 1 aromatic rings. The van der Waals surface area contributed by atoms with E-state index in [1.807, 2.05) is 7.05 Å². The van der Waals surface area contributed by atoms with Crippen LogP contribution in [0.25, 0.3) is 0 Å². The first kappa shape index (κ1) is 13.2. The number of nitrogens with zero attached hydrogens (tertiary/aromatic N) is 2. The average Bonchev–Trinajstić information content (AvgIpc) is 2.60. The summed E-state index contributed by atoms with van der Waals surface area (Å²) in [5.74, 6) is 1.60. The summed E-state index contributed by atoms with van der Waals surface area (Å²) in [7, 11) is 1.91. The Bertz CT molecular complexity index is 392. The molecule has 2 N–H and O–H groups in total. The Morgan fingerprint density at radius 1 is 1.33 bits per heavy atom. The molecule has 0 aliphatic heterocycles. The number of rotatable bonds is 4. The lowest BCUT2D eigenvalue weighted by Crippen LogP contribution is -2.24. The Kier molecular flexibility index (Phi) is 4.15. The number of ether oxygens (including phenoxy) is 1. The Morgan fingerprint density at radius 2 is 2.00 bits per heavy atom. The zero-order valence-corrected chi connectivity index (χ0v) is 11.8. The van der Waals surface area contributed by atoms with Gasteiger partial charge in [-0.15, -0.1) is 0 Å². The molecule has 0 aromatic carbocycles. The fraction of sp³-hybridized carbons (Fsp3) is 0.786. The number of hydrogen-bond donors (Lipinski definition) is 1. The van der Waals surface area contributed by atoms with Crippen molar-refractivity contribution in [3.8, 4) is 5.88 Å². The maximum Gasteiger partial charge on any atom is 0.236 e. The van der Waals surface area contributed by atoms with Crippen molar-refractivity contribution in [1.29, 1.82) is 0 Å². The summed E-state index contributed by atoms with van der Waals surface area (Å²) in [6.45, 7) is 4.45. The highest BCUT2D eigenvalue weighted by molar-refractivity contribution is 5.53. The first-order chi connectivity index (χ1) is 8.61. The van der Waals surface area contributed by atoms with Gasteiger partial charge in [0.2, 0.25) is 5.88 Å². The third-order valence-corrected chi connectivity index (χ3v) is 3.83. The van der Waals surface area contributed by atoms with Gasteiger partial charge in [0.05, 0.1) is 5.69 Å². The summed E-state index contributed by atoms with van der Waals surface area (Å²) in [6.07, 6.45) is 7.07. The summed E-state index contributed by atoms with van der Waals surface area (Å²) in [4.78, 5) is 0. The van der Waals surface area contributed by atoms with Crippen molar-refractivity contribution in [2.24, 2.45) is 13.0 Å². The number of anilines is 1. The van der Waals surface area contributed by atoms with Crippen molar-refractivity contribution < 1.29 is 4.74 Å². The maximum atomic E-state index is 6.13. The van der Waals surface area contributed by atoms with Gasteiger partial charge < -0.3 is 10.5 Å². The molecule has 0 radical (unpaired) electrons. The second-order valence-electron chi connectivity index (χ2n) is 5.54. The van der Waals surface area contributed by atoms with Crippen LogP contribution in [-0.4, -0.2) is 15.9 Å². The Labute approximate surface area is 110 Å². The summed E-state index contributed by atoms with van der Waals surface area (Å²) in [5, 5.41) is 4.45. The smallest absolute Gasteiger partial charge is 0.236 e. The monoisotopic (exact) mass is 251 g/mol. The van der Waals surface area contributed by atoms with E-state index < -0.39 is 0 Å². The fourth-order valence-electron chi connectivity index (χ4n) is 2.64. The van der Waals surface area contributed by atoms with Gasteiger partial charge in [-0.05, 0) is 38.0 Å². The van der Waals surface area contributed by atoms with Crippen LogP contribution >= 0.6 is 0 Å². The number of nitrogen functional groups attached to an aromatic ring is 1. The zero-order chi connectivity index (χ0) is 13.1. The van der Waals surface area contributed by atoms with Crippen LogP contribution < -0.4 is 10.5 Å². The van der Waals surface area contributed by atoms with Crippen molar-refractivity contribution in [3.05, 3.63) is 5.69 Å². The fourth-order valence-corrected chi connectivity index (χ4v) is 2.64. The minimum atomic E-state index is 0.313. The van der Waals surface area contributed by atoms with Crippen molar-refractivity contribution in [2.75, 3.05) is 5.73 Å². The maximum absolute atomic E-state index is 6.13. The van der Waals surface area contributed by atoms with Crippen LogP contribution in [0.2, 0.25) is 0 Å². The van der Waals surface area contributed by atoms with Gasteiger partial charge in [0, 0.05) is 7.05 Å². The molecule has 1 saturated carbocycles. The number of aromatic nitrogens is 2. The highest BCUT2D eigenvalue weighted by Crippen LogP contribution is 2.31. The first-order valence-corrected chi connectivity index (χ1v) is 7.09. The average molecular weight is 251 g/mol. The topological polar surface area (TPSA) is 53.1 Å². The minimum Gasteiger partial charge on any atom is -0.473 e. The van der Waals surface area contributed by atoms with Gasteiger partial charge in [-0.3, -0.25) is 0 Å². The second kappa shape index (κ2) is 5.63. The van der Waals surface area contributed by atoms with Gasteiger partial charge in [0.1, 0.15) is 11.8 Å². The highest BCUT2D eigenvalue weighted by atomic mass is 16.5. The molecule has 4 nitrogen and oxygen atoms in total. The lowest BCUT2D eigenvalue weighted by molar-refractivity contribution is 0.125. The normalized spacial score (nSPS) is 24.2. The molecule has 0 bridgehead atoms. The molecular weight excluding hydrogens is 226 g/mol. The summed E-state index contributed by atoms with van der Waals surface area (Å²) >= 11 is 0. The molecule has 0 amide bonds. The molecule has 1 aliphatic rings. The molecule has 102 valence electrons. The van der Waals surface area contributed by atoms with Gasteiger partial charge in [-0.2, -0.15) is 5.10 Å².